The highest BCUT2D eigenvalue weighted by Gasteiger charge is 2.52. The van der Waals surface area contributed by atoms with Crippen molar-refractivity contribution in [1.82, 2.24) is 5.06 Å². The summed E-state index contributed by atoms with van der Waals surface area (Å²) in [6, 6.07) is 2.26. The van der Waals surface area contributed by atoms with E-state index in [1.54, 1.807) is 0 Å². The second-order valence-electron chi connectivity index (χ2n) is 5.01. The Bertz CT molecular complexity index is 408. The molecule has 92 valence electrons. The number of nitrogens with zero attached hydrogens (tertiary/aromatic N) is 2. The zero-order valence-electron chi connectivity index (χ0n) is 10.3. The maximum atomic E-state index is 11.2. The quantitative estimate of drug-likeness (QED) is 0.508. The summed E-state index contributed by atoms with van der Waals surface area (Å²) in [5, 5.41) is 11.0. The van der Waals surface area contributed by atoms with Crippen LogP contribution in [-0.4, -0.2) is 29.7 Å². The fourth-order valence-corrected chi connectivity index (χ4v) is 2.47. The van der Waals surface area contributed by atoms with Crippen LogP contribution in [-0.2, 0) is 14.4 Å². The molecule has 0 N–H and O–H groups in total. The minimum atomic E-state index is -0.487. The van der Waals surface area contributed by atoms with Gasteiger partial charge >= 0.3 is 5.97 Å². The summed E-state index contributed by atoms with van der Waals surface area (Å²) in [4.78, 5) is 16.9. The van der Waals surface area contributed by atoms with Crippen LogP contribution in [0.2, 0.25) is 0 Å². The number of nitriles is 1. The van der Waals surface area contributed by atoms with Crippen molar-refractivity contribution in [2.24, 2.45) is 5.92 Å². The van der Waals surface area contributed by atoms with Crippen molar-refractivity contribution in [2.45, 2.75) is 38.3 Å². The van der Waals surface area contributed by atoms with E-state index in [2.05, 4.69) is 24.7 Å². The maximum absolute atomic E-state index is 11.2. The van der Waals surface area contributed by atoms with Gasteiger partial charge in [0.05, 0.1) is 30.8 Å². The van der Waals surface area contributed by atoms with Gasteiger partial charge in [-0.1, -0.05) is 0 Å². The lowest BCUT2D eigenvalue weighted by Crippen LogP contribution is -2.39. The summed E-state index contributed by atoms with van der Waals surface area (Å²) in [6.07, 6.45) is 3.16. The number of hydroxylamine groups is 2. The molecule has 0 aliphatic carbocycles. The van der Waals surface area contributed by atoms with Crippen molar-refractivity contribution in [3.63, 3.8) is 0 Å². The SMILES string of the molecule is COC(=O)/C=C1/ON2C(CCC2(C)C)C1C#N. The molecule has 2 aliphatic rings. The van der Waals surface area contributed by atoms with Gasteiger partial charge in [-0.05, 0) is 26.7 Å². The van der Waals surface area contributed by atoms with Gasteiger partial charge in [0.15, 0.2) is 5.76 Å². The molecule has 2 rings (SSSR count). The van der Waals surface area contributed by atoms with E-state index in [9.17, 15) is 10.1 Å². The largest absolute Gasteiger partial charge is 0.466 e. The first-order chi connectivity index (χ1) is 7.99. The Labute approximate surface area is 101 Å². The lowest BCUT2D eigenvalue weighted by molar-refractivity contribution is -0.149. The summed E-state index contributed by atoms with van der Waals surface area (Å²) >= 11 is 0. The van der Waals surface area contributed by atoms with E-state index in [-0.39, 0.29) is 17.5 Å². The van der Waals surface area contributed by atoms with Gasteiger partial charge in [-0.15, -0.1) is 5.06 Å². The fraction of sp³-hybridized carbons (Fsp3) is 0.667. The van der Waals surface area contributed by atoms with E-state index in [0.717, 1.165) is 12.8 Å². The number of hydrogen-bond acceptors (Lipinski definition) is 5. The summed E-state index contributed by atoms with van der Waals surface area (Å²) in [5.41, 5.74) is -0.0918. The van der Waals surface area contributed by atoms with Crippen molar-refractivity contribution in [1.29, 1.82) is 5.26 Å². The number of carbonyl (C=O) groups is 1. The number of methoxy groups -OCH3 is 1. The molecule has 5 heteroatoms. The molecular weight excluding hydrogens is 220 g/mol. The van der Waals surface area contributed by atoms with Gasteiger partial charge < -0.3 is 9.57 Å². The third kappa shape index (κ3) is 1.89. The highest BCUT2D eigenvalue weighted by molar-refractivity contribution is 5.82. The Kier molecular flexibility index (Phi) is 2.84. The number of rotatable bonds is 1. The first kappa shape index (κ1) is 11.9. The van der Waals surface area contributed by atoms with Crippen LogP contribution in [0, 0.1) is 17.2 Å². The second-order valence-corrected chi connectivity index (χ2v) is 5.01. The van der Waals surface area contributed by atoms with Crippen molar-refractivity contribution in [3.8, 4) is 6.07 Å². The highest BCUT2D eigenvalue weighted by atomic mass is 16.7. The molecule has 2 heterocycles. The van der Waals surface area contributed by atoms with E-state index in [0.29, 0.717) is 5.76 Å². The van der Waals surface area contributed by atoms with E-state index >= 15 is 0 Å². The topological polar surface area (TPSA) is 62.6 Å². The molecule has 0 spiro atoms. The summed E-state index contributed by atoms with van der Waals surface area (Å²) in [5.74, 6) is -0.466. The zero-order chi connectivity index (χ0) is 12.6. The van der Waals surface area contributed by atoms with Gasteiger partial charge in [0.25, 0.3) is 0 Å². The van der Waals surface area contributed by atoms with Gasteiger partial charge in [0.1, 0.15) is 5.92 Å². The minimum Gasteiger partial charge on any atom is -0.466 e. The number of hydrogen-bond donors (Lipinski definition) is 0. The predicted molar refractivity (Wildman–Crippen MR) is 59.2 cm³/mol. The Hall–Kier alpha value is -1.54. The third-order valence-corrected chi connectivity index (χ3v) is 3.45. The van der Waals surface area contributed by atoms with E-state index in [1.165, 1.54) is 13.2 Å². The Morgan fingerprint density at radius 2 is 2.41 bits per heavy atom. The maximum Gasteiger partial charge on any atom is 0.334 e. The molecule has 0 bridgehead atoms. The Morgan fingerprint density at radius 3 is 3.00 bits per heavy atom. The third-order valence-electron chi connectivity index (χ3n) is 3.45. The smallest absolute Gasteiger partial charge is 0.334 e. The number of ether oxygens (including phenoxy) is 1. The van der Waals surface area contributed by atoms with Crippen molar-refractivity contribution < 1.29 is 14.4 Å². The van der Waals surface area contributed by atoms with Crippen molar-refractivity contribution in [2.75, 3.05) is 7.11 Å². The molecular formula is C12H16N2O3. The standard InChI is InChI=1S/C12H16N2O3/c1-12(2)5-4-9-8(7-13)10(17-14(9)12)6-11(15)16-3/h6,8-9H,4-5H2,1-3H3/b10-6+. The molecule has 0 aromatic carbocycles. The van der Waals surface area contributed by atoms with Crippen LogP contribution in [0.3, 0.4) is 0 Å². The molecule has 2 saturated heterocycles. The van der Waals surface area contributed by atoms with E-state index in [1.807, 2.05) is 5.06 Å². The predicted octanol–water partition coefficient (Wildman–Crippen LogP) is 1.37. The molecule has 2 unspecified atom stereocenters. The molecule has 2 aliphatic heterocycles. The van der Waals surface area contributed by atoms with Gasteiger partial charge in [0.2, 0.25) is 0 Å². The lowest BCUT2D eigenvalue weighted by atomic mass is 9.97. The monoisotopic (exact) mass is 236 g/mol. The van der Waals surface area contributed by atoms with Crippen LogP contribution in [0.15, 0.2) is 11.8 Å². The molecule has 0 radical (unpaired) electrons. The molecule has 5 nitrogen and oxygen atoms in total. The number of carbonyl (C=O) groups excluding carboxylic acids is 1. The average Bonchev–Trinajstić information content (AvgIpc) is 2.77. The van der Waals surface area contributed by atoms with E-state index in [4.69, 9.17) is 4.84 Å². The van der Waals surface area contributed by atoms with Gasteiger partial charge in [0, 0.05) is 0 Å². The van der Waals surface area contributed by atoms with Crippen LogP contribution in [0.5, 0.6) is 0 Å². The first-order valence-electron chi connectivity index (χ1n) is 5.66. The van der Waals surface area contributed by atoms with Crippen LogP contribution < -0.4 is 0 Å². The second kappa shape index (κ2) is 4.04. The molecule has 0 aromatic rings. The molecule has 0 aromatic heterocycles. The molecule has 0 saturated carbocycles. The minimum absolute atomic E-state index is 0.0471. The van der Waals surface area contributed by atoms with Crippen molar-refractivity contribution >= 4 is 5.97 Å². The zero-order valence-corrected chi connectivity index (χ0v) is 10.3. The van der Waals surface area contributed by atoms with Gasteiger partial charge in [-0.3, -0.25) is 0 Å². The van der Waals surface area contributed by atoms with E-state index < -0.39 is 5.97 Å². The number of esters is 1. The first-order valence-corrected chi connectivity index (χ1v) is 5.66. The van der Waals surface area contributed by atoms with Crippen molar-refractivity contribution in [3.05, 3.63) is 11.8 Å². The summed E-state index contributed by atoms with van der Waals surface area (Å²) in [6.45, 7) is 4.14. The van der Waals surface area contributed by atoms with Gasteiger partial charge in [-0.2, -0.15) is 5.26 Å². The molecule has 2 atom stereocenters. The molecule has 17 heavy (non-hydrogen) atoms. The number of fused-ring (bicyclic) bond motifs is 1. The average molecular weight is 236 g/mol. The highest BCUT2D eigenvalue weighted by Crippen LogP contribution is 2.45. The summed E-state index contributed by atoms with van der Waals surface area (Å²) in [7, 11) is 1.31. The molecule has 2 fully saturated rings. The fourth-order valence-electron chi connectivity index (χ4n) is 2.47. The molecule has 0 amide bonds. The Balaban J connectivity index is 2.26. The normalized spacial score (nSPS) is 32.9. The Morgan fingerprint density at radius 1 is 1.71 bits per heavy atom. The lowest BCUT2D eigenvalue weighted by Gasteiger charge is -2.28. The van der Waals surface area contributed by atoms with Crippen LogP contribution in [0.1, 0.15) is 26.7 Å². The van der Waals surface area contributed by atoms with Crippen LogP contribution in [0.4, 0.5) is 0 Å². The summed E-state index contributed by atoms with van der Waals surface area (Å²) < 4.78 is 4.56. The van der Waals surface area contributed by atoms with Gasteiger partial charge in [-0.25, -0.2) is 4.79 Å². The van der Waals surface area contributed by atoms with Crippen LogP contribution >= 0.6 is 0 Å². The van der Waals surface area contributed by atoms with Crippen LogP contribution in [0.25, 0.3) is 0 Å².